The summed E-state index contributed by atoms with van der Waals surface area (Å²) in [4.78, 5) is 12.6. The van der Waals surface area contributed by atoms with E-state index in [0.29, 0.717) is 18.5 Å². The van der Waals surface area contributed by atoms with E-state index in [0.717, 1.165) is 18.2 Å². The van der Waals surface area contributed by atoms with Crippen molar-refractivity contribution in [2.24, 2.45) is 10.9 Å². The summed E-state index contributed by atoms with van der Waals surface area (Å²) >= 11 is 1.86. The molecule has 1 fully saturated rings. The van der Waals surface area contributed by atoms with E-state index in [1.165, 1.54) is 24.3 Å². The predicted octanol–water partition coefficient (Wildman–Crippen LogP) is 3.51. The largest absolute Gasteiger partial charge is 0.356 e. The molecule has 26 heavy (non-hydrogen) atoms. The molecule has 0 aliphatic carbocycles. The summed E-state index contributed by atoms with van der Waals surface area (Å²) in [6, 6.07) is 10.9. The molecule has 2 aromatic rings. The number of hydrogen-bond acceptors (Lipinski definition) is 4. The monoisotopic (exact) mass is 485 g/mol. The highest BCUT2D eigenvalue weighted by Gasteiger charge is 2.31. The SMILES string of the molecule is CN=C(NCc1ccccn1)NCC1CCCN(C)C1c1cccs1.I. The maximum atomic E-state index is 4.35. The topological polar surface area (TPSA) is 52.6 Å². The van der Waals surface area contributed by atoms with Gasteiger partial charge in [-0.15, -0.1) is 35.3 Å². The molecule has 1 saturated heterocycles. The van der Waals surface area contributed by atoms with E-state index in [4.69, 9.17) is 0 Å². The second kappa shape index (κ2) is 10.8. The molecule has 0 radical (unpaired) electrons. The van der Waals surface area contributed by atoms with Crippen LogP contribution < -0.4 is 10.6 Å². The Bertz CT molecular complexity index is 662. The third kappa shape index (κ3) is 5.65. The summed E-state index contributed by atoms with van der Waals surface area (Å²) < 4.78 is 0. The van der Waals surface area contributed by atoms with Gasteiger partial charge >= 0.3 is 0 Å². The molecule has 1 aliphatic heterocycles. The van der Waals surface area contributed by atoms with Gasteiger partial charge in [-0.3, -0.25) is 14.9 Å². The number of halogens is 1. The van der Waals surface area contributed by atoms with Gasteiger partial charge in [-0.2, -0.15) is 0 Å². The smallest absolute Gasteiger partial charge is 0.191 e. The summed E-state index contributed by atoms with van der Waals surface area (Å²) in [5, 5.41) is 9.04. The molecule has 5 nitrogen and oxygen atoms in total. The van der Waals surface area contributed by atoms with Crippen LogP contribution in [0.5, 0.6) is 0 Å². The van der Waals surface area contributed by atoms with Crippen LogP contribution in [0, 0.1) is 5.92 Å². The Morgan fingerprint density at radius 3 is 2.88 bits per heavy atom. The highest BCUT2D eigenvalue weighted by Crippen LogP contribution is 2.36. The quantitative estimate of drug-likeness (QED) is 0.387. The Morgan fingerprint density at radius 2 is 2.19 bits per heavy atom. The van der Waals surface area contributed by atoms with Crippen LogP contribution in [0.1, 0.15) is 29.5 Å². The maximum absolute atomic E-state index is 4.35. The molecule has 0 aromatic carbocycles. The van der Waals surface area contributed by atoms with Crippen LogP contribution in [0.2, 0.25) is 0 Å². The first kappa shape index (κ1) is 21.1. The molecule has 0 spiro atoms. The minimum Gasteiger partial charge on any atom is -0.356 e. The number of likely N-dealkylation sites (tertiary alicyclic amines) is 1. The third-order valence-corrected chi connectivity index (χ3v) is 5.70. The summed E-state index contributed by atoms with van der Waals surface area (Å²) in [5.41, 5.74) is 1.01. The molecule has 0 amide bonds. The average Bonchev–Trinajstić information content (AvgIpc) is 3.17. The van der Waals surface area contributed by atoms with Gasteiger partial charge in [-0.1, -0.05) is 12.1 Å². The average molecular weight is 485 g/mol. The van der Waals surface area contributed by atoms with Gasteiger partial charge in [0.05, 0.1) is 12.2 Å². The molecule has 0 saturated carbocycles. The Balaban J connectivity index is 0.00000243. The number of nitrogens with one attached hydrogen (secondary N) is 2. The molecule has 142 valence electrons. The summed E-state index contributed by atoms with van der Waals surface area (Å²) in [6.45, 7) is 2.78. The van der Waals surface area contributed by atoms with E-state index in [9.17, 15) is 0 Å². The van der Waals surface area contributed by atoms with Crippen molar-refractivity contribution in [3.05, 3.63) is 52.5 Å². The predicted molar refractivity (Wildman–Crippen MR) is 120 cm³/mol. The van der Waals surface area contributed by atoms with Gasteiger partial charge in [-0.05, 0) is 55.9 Å². The van der Waals surface area contributed by atoms with Crippen molar-refractivity contribution in [1.29, 1.82) is 0 Å². The van der Waals surface area contributed by atoms with E-state index >= 15 is 0 Å². The molecule has 2 unspecified atom stereocenters. The number of pyridine rings is 1. The fourth-order valence-corrected chi connectivity index (χ4v) is 4.49. The van der Waals surface area contributed by atoms with Gasteiger partial charge in [0.2, 0.25) is 0 Å². The lowest BCUT2D eigenvalue weighted by atomic mass is 9.88. The molecule has 1 aliphatic rings. The number of hydrogen-bond donors (Lipinski definition) is 2. The molecule has 2 N–H and O–H groups in total. The van der Waals surface area contributed by atoms with Gasteiger partial charge in [0.25, 0.3) is 0 Å². The number of aliphatic imine (C=N–C) groups is 1. The maximum Gasteiger partial charge on any atom is 0.191 e. The number of rotatable bonds is 5. The summed E-state index contributed by atoms with van der Waals surface area (Å²) in [7, 11) is 4.06. The van der Waals surface area contributed by atoms with E-state index in [-0.39, 0.29) is 24.0 Å². The summed E-state index contributed by atoms with van der Waals surface area (Å²) in [6.07, 6.45) is 4.32. The van der Waals surface area contributed by atoms with Gasteiger partial charge in [0.15, 0.2) is 5.96 Å². The minimum absolute atomic E-state index is 0. The second-order valence-electron chi connectivity index (χ2n) is 6.47. The first-order valence-electron chi connectivity index (χ1n) is 8.86. The van der Waals surface area contributed by atoms with Crippen LogP contribution in [0.3, 0.4) is 0 Å². The van der Waals surface area contributed by atoms with Crippen LogP contribution in [-0.4, -0.2) is 43.0 Å². The third-order valence-electron chi connectivity index (χ3n) is 4.76. The lowest BCUT2D eigenvalue weighted by Crippen LogP contribution is -2.44. The highest BCUT2D eigenvalue weighted by molar-refractivity contribution is 14.0. The van der Waals surface area contributed by atoms with Gasteiger partial charge < -0.3 is 10.6 Å². The lowest BCUT2D eigenvalue weighted by molar-refractivity contribution is 0.125. The van der Waals surface area contributed by atoms with Crippen molar-refractivity contribution in [1.82, 2.24) is 20.5 Å². The molecule has 0 bridgehead atoms. The first-order valence-corrected chi connectivity index (χ1v) is 9.74. The van der Waals surface area contributed by atoms with Crippen molar-refractivity contribution in [2.75, 3.05) is 27.2 Å². The van der Waals surface area contributed by atoms with Crippen LogP contribution in [-0.2, 0) is 6.54 Å². The Kier molecular flexibility index (Phi) is 8.80. The van der Waals surface area contributed by atoms with E-state index in [2.05, 4.69) is 50.1 Å². The summed E-state index contributed by atoms with van der Waals surface area (Å²) in [5.74, 6) is 1.43. The van der Waals surface area contributed by atoms with E-state index in [1.54, 1.807) is 0 Å². The molecule has 3 rings (SSSR count). The highest BCUT2D eigenvalue weighted by atomic mass is 127. The zero-order chi connectivity index (χ0) is 17.5. The molecule has 2 aromatic heterocycles. The van der Waals surface area contributed by atoms with Crippen molar-refractivity contribution in [3.8, 4) is 0 Å². The van der Waals surface area contributed by atoms with Crippen molar-refractivity contribution >= 4 is 41.3 Å². The minimum atomic E-state index is 0. The molecular formula is C19H28IN5S. The molecule has 7 heteroatoms. The van der Waals surface area contributed by atoms with Crippen LogP contribution in [0.4, 0.5) is 0 Å². The van der Waals surface area contributed by atoms with Crippen LogP contribution in [0.25, 0.3) is 0 Å². The zero-order valence-corrected chi connectivity index (χ0v) is 18.5. The number of piperidine rings is 1. The number of nitrogens with zero attached hydrogens (tertiary/aromatic N) is 3. The Labute approximate surface area is 177 Å². The molecule has 3 heterocycles. The van der Waals surface area contributed by atoms with Crippen LogP contribution >= 0.6 is 35.3 Å². The Hall–Kier alpha value is -1.19. The fraction of sp³-hybridized carbons (Fsp3) is 0.474. The van der Waals surface area contributed by atoms with Crippen molar-refractivity contribution in [3.63, 3.8) is 0 Å². The number of aromatic nitrogens is 1. The van der Waals surface area contributed by atoms with Gasteiger partial charge in [0, 0.05) is 30.7 Å². The van der Waals surface area contributed by atoms with Crippen molar-refractivity contribution in [2.45, 2.75) is 25.4 Å². The van der Waals surface area contributed by atoms with E-state index < -0.39 is 0 Å². The standard InChI is InChI=1S/C19H27N5S.HI/c1-20-19(23-14-16-8-3-4-10-21-16)22-13-15-7-5-11-24(2)18(15)17-9-6-12-25-17;/h3-4,6,8-10,12,15,18H,5,7,11,13-14H2,1-2H3,(H2,20,22,23);1H. The normalized spacial score (nSPS) is 21.1. The van der Waals surface area contributed by atoms with Crippen LogP contribution in [0.15, 0.2) is 46.9 Å². The number of guanidine groups is 1. The first-order chi connectivity index (χ1) is 12.3. The van der Waals surface area contributed by atoms with Gasteiger partial charge in [0.1, 0.15) is 0 Å². The van der Waals surface area contributed by atoms with Crippen molar-refractivity contribution < 1.29 is 0 Å². The second-order valence-corrected chi connectivity index (χ2v) is 7.45. The number of thiophene rings is 1. The Morgan fingerprint density at radius 1 is 1.31 bits per heavy atom. The fourth-order valence-electron chi connectivity index (χ4n) is 3.51. The van der Waals surface area contributed by atoms with E-state index in [1.807, 2.05) is 42.8 Å². The molecular weight excluding hydrogens is 457 g/mol. The zero-order valence-electron chi connectivity index (χ0n) is 15.4. The molecule has 2 atom stereocenters. The lowest BCUT2D eigenvalue weighted by Gasteiger charge is -2.39. The van der Waals surface area contributed by atoms with Gasteiger partial charge in [-0.25, -0.2) is 0 Å².